The summed E-state index contributed by atoms with van der Waals surface area (Å²) in [5, 5.41) is 26.6. The van der Waals surface area contributed by atoms with Gasteiger partial charge in [-0.2, -0.15) is 5.10 Å². The van der Waals surface area contributed by atoms with E-state index < -0.39 is 28.4 Å². The molecule has 152 valence electrons. The van der Waals surface area contributed by atoms with E-state index in [0.717, 1.165) is 23.1 Å². The lowest BCUT2D eigenvalue weighted by molar-refractivity contribution is -0.385. The minimum absolute atomic E-state index is 0.0133. The third-order valence-corrected chi connectivity index (χ3v) is 4.64. The molecule has 0 radical (unpaired) electrons. The van der Waals surface area contributed by atoms with E-state index in [4.69, 9.17) is 21.1 Å². The average Bonchev–Trinajstić information content (AvgIpc) is 2.73. The van der Waals surface area contributed by atoms with Crippen molar-refractivity contribution in [3.8, 4) is 17.2 Å². The SMILES string of the molecule is O=C(N/N=C/c1cc(Cl)cc([N+](=O)[O-])c1O)C1COc2cc3ccccc3cc2O1. The van der Waals surface area contributed by atoms with E-state index in [0.29, 0.717) is 11.5 Å². The van der Waals surface area contributed by atoms with Crippen LogP contribution >= 0.6 is 11.6 Å². The van der Waals surface area contributed by atoms with Gasteiger partial charge in [-0.3, -0.25) is 14.9 Å². The van der Waals surface area contributed by atoms with Gasteiger partial charge in [0.05, 0.1) is 11.1 Å². The van der Waals surface area contributed by atoms with Crippen LogP contribution in [-0.2, 0) is 4.79 Å². The van der Waals surface area contributed by atoms with Gasteiger partial charge in [0.2, 0.25) is 11.9 Å². The fourth-order valence-electron chi connectivity index (χ4n) is 2.97. The largest absolute Gasteiger partial charge is 0.502 e. The summed E-state index contributed by atoms with van der Waals surface area (Å²) in [4.78, 5) is 22.5. The van der Waals surface area contributed by atoms with Crippen molar-refractivity contribution in [2.45, 2.75) is 6.10 Å². The van der Waals surface area contributed by atoms with E-state index >= 15 is 0 Å². The van der Waals surface area contributed by atoms with Crippen LogP contribution in [0.5, 0.6) is 17.2 Å². The average molecular weight is 428 g/mol. The molecular formula is C20H14ClN3O6. The number of nitrogens with zero attached hydrogens (tertiary/aromatic N) is 2. The number of rotatable bonds is 4. The number of phenols is 1. The van der Waals surface area contributed by atoms with Crippen molar-refractivity contribution in [3.63, 3.8) is 0 Å². The molecule has 1 atom stereocenters. The van der Waals surface area contributed by atoms with Gasteiger partial charge in [0.1, 0.15) is 6.61 Å². The smallest absolute Gasteiger partial charge is 0.312 e. The number of halogens is 1. The Morgan fingerprint density at radius 3 is 2.63 bits per heavy atom. The Morgan fingerprint density at radius 1 is 1.23 bits per heavy atom. The zero-order valence-corrected chi connectivity index (χ0v) is 16.0. The fourth-order valence-corrected chi connectivity index (χ4v) is 3.19. The van der Waals surface area contributed by atoms with Crippen molar-refractivity contribution in [2.24, 2.45) is 5.10 Å². The molecule has 0 fully saturated rings. The summed E-state index contributed by atoms with van der Waals surface area (Å²) in [7, 11) is 0. The van der Waals surface area contributed by atoms with Crippen molar-refractivity contribution in [2.75, 3.05) is 6.61 Å². The Hall–Kier alpha value is -3.85. The first-order chi connectivity index (χ1) is 14.4. The Morgan fingerprint density at radius 2 is 1.93 bits per heavy atom. The number of fused-ring (bicyclic) bond motifs is 2. The summed E-state index contributed by atoms with van der Waals surface area (Å²) in [6.45, 7) is -0.0133. The highest BCUT2D eigenvalue weighted by Crippen LogP contribution is 2.36. The molecule has 1 unspecified atom stereocenters. The van der Waals surface area contributed by atoms with Gasteiger partial charge >= 0.3 is 5.69 Å². The number of carbonyl (C=O) groups is 1. The van der Waals surface area contributed by atoms with Crippen molar-refractivity contribution >= 4 is 40.2 Å². The summed E-state index contributed by atoms with van der Waals surface area (Å²) >= 11 is 5.82. The molecule has 0 aromatic heterocycles. The normalized spacial score (nSPS) is 15.3. The molecule has 0 aliphatic carbocycles. The van der Waals surface area contributed by atoms with Gasteiger partial charge in [-0.05, 0) is 29.0 Å². The summed E-state index contributed by atoms with van der Waals surface area (Å²) in [6.07, 6.45) is 0.107. The van der Waals surface area contributed by atoms with Gasteiger partial charge in [-0.25, -0.2) is 5.43 Å². The molecule has 9 nitrogen and oxygen atoms in total. The topological polar surface area (TPSA) is 123 Å². The molecule has 1 aliphatic heterocycles. The lowest BCUT2D eigenvalue weighted by atomic mass is 10.1. The molecule has 3 aromatic carbocycles. The number of hydrogen-bond acceptors (Lipinski definition) is 7. The van der Waals surface area contributed by atoms with Crippen LogP contribution in [0.1, 0.15) is 5.56 Å². The predicted molar refractivity (Wildman–Crippen MR) is 109 cm³/mol. The fraction of sp³-hybridized carbons (Fsp3) is 0.100. The molecule has 4 rings (SSSR count). The Balaban J connectivity index is 1.47. The molecule has 0 bridgehead atoms. The number of ether oxygens (including phenoxy) is 2. The third kappa shape index (κ3) is 3.83. The molecule has 1 amide bonds. The van der Waals surface area contributed by atoms with Crippen LogP contribution < -0.4 is 14.9 Å². The molecule has 1 aliphatic rings. The number of benzene rings is 3. The minimum atomic E-state index is -0.946. The number of nitro benzene ring substituents is 1. The Bertz CT molecular complexity index is 1200. The second kappa shape index (κ2) is 7.88. The van der Waals surface area contributed by atoms with Crippen molar-refractivity contribution in [3.05, 3.63) is 69.2 Å². The van der Waals surface area contributed by atoms with Gasteiger partial charge < -0.3 is 14.6 Å². The lowest BCUT2D eigenvalue weighted by Crippen LogP contribution is -2.42. The number of nitro groups is 1. The highest BCUT2D eigenvalue weighted by molar-refractivity contribution is 6.31. The first kappa shape index (κ1) is 19.5. The highest BCUT2D eigenvalue weighted by Gasteiger charge is 2.28. The molecule has 10 heteroatoms. The number of phenolic OH excluding ortho intramolecular Hbond substituents is 1. The van der Waals surface area contributed by atoms with E-state index in [2.05, 4.69) is 10.5 Å². The lowest BCUT2D eigenvalue weighted by Gasteiger charge is -2.25. The quantitative estimate of drug-likeness (QED) is 0.373. The molecule has 0 saturated carbocycles. The third-order valence-electron chi connectivity index (χ3n) is 4.42. The van der Waals surface area contributed by atoms with Crippen molar-refractivity contribution in [1.29, 1.82) is 0 Å². The van der Waals surface area contributed by atoms with E-state index in [1.165, 1.54) is 6.07 Å². The number of carbonyl (C=O) groups excluding carboxylic acids is 1. The molecule has 30 heavy (non-hydrogen) atoms. The van der Waals surface area contributed by atoms with Gasteiger partial charge in [0.15, 0.2) is 11.5 Å². The molecular weight excluding hydrogens is 414 g/mol. The highest BCUT2D eigenvalue weighted by atomic mass is 35.5. The van der Waals surface area contributed by atoms with E-state index in [9.17, 15) is 20.0 Å². The second-order valence-corrected chi connectivity index (χ2v) is 6.85. The van der Waals surface area contributed by atoms with Crippen LogP contribution in [0.25, 0.3) is 10.8 Å². The Labute approximate surface area is 174 Å². The Kier molecular flexibility index (Phi) is 5.11. The van der Waals surface area contributed by atoms with Gasteiger partial charge in [-0.1, -0.05) is 35.9 Å². The second-order valence-electron chi connectivity index (χ2n) is 6.42. The standard InChI is InChI=1S/C20H14ClN3O6/c21-14-5-13(19(25)15(8-14)24(27)28)9-22-23-20(26)18-10-29-16-6-11-3-1-2-4-12(11)7-17(16)30-18/h1-9,18,25H,10H2,(H,23,26)/b22-9+. The maximum absolute atomic E-state index is 12.4. The monoisotopic (exact) mass is 427 g/mol. The maximum atomic E-state index is 12.4. The van der Waals surface area contributed by atoms with Crippen LogP contribution in [0, 0.1) is 10.1 Å². The number of hydrazone groups is 1. The van der Waals surface area contributed by atoms with Gasteiger partial charge in [0.25, 0.3) is 5.91 Å². The molecule has 1 heterocycles. The van der Waals surface area contributed by atoms with Crippen LogP contribution in [0.3, 0.4) is 0 Å². The summed E-state index contributed by atoms with van der Waals surface area (Å²) in [5.41, 5.74) is 1.68. The first-order valence-corrected chi connectivity index (χ1v) is 9.12. The van der Waals surface area contributed by atoms with E-state index in [1.807, 2.05) is 30.3 Å². The zero-order chi connectivity index (χ0) is 21.3. The van der Waals surface area contributed by atoms with Crippen LogP contribution in [0.2, 0.25) is 5.02 Å². The first-order valence-electron chi connectivity index (χ1n) is 8.74. The number of nitrogens with one attached hydrogen (secondary N) is 1. The number of hydrogen-bond donors (Lipinski definition) is 2. The molecule has 0 saturated heterocycles. The van der Waals surface area contributed by atoms with Gasteiger partial charge in [0, 0.05) is 16.7 Å². The number of aromatic hydroxyl groups is 1. The summed E-state index contributed by atoms with van der Waals surface area (Å²) in [6, 6.07) is 13.6. The van der Waals surface area contributed by atoms with E-state index in [1.54, 1.807) is 6.07 Å². The maximum Gasteiger partial charge on any atom is 0.312 e. The molecule has 0 spiro atoms. The van der Waals surface area contributed by atoms with Crippen molar-refractivity contribution < 1.29 is 24.3 Å². The minimum Gasteiger partial charge on any atom is -0.502 e. The molecule has 3 aromatic rings. The number of amides is 1. The van der Waals surface area contributed by atoms with Gasteiger partial charge in [-0.15, -0.1) is 0 Å². The van der Waals surface area contributed by atoms with Crippen LogP contribution in [0.15, 0.2) is 53.6 Å². The predicted octanol–water partition coefficient (Wildman–Crippen LogP) is 3.40. The summed E-state index contributed by atoms with van der Waals surface area (Å²) < 4.78 is 11.4. The summed E-state index contributed by atoms with van der Waals surface area (Å²) in [5.74, 6) is -0.217. The van der Waals surface area contributed by atoms with Crippen LogP contribution in [-0.4, -0.2) is 34.9 Å². The van der Waals surface area contributed by atoms with E-state index in [-0.39, 0.29) is 17.2 Å². The zero-order valence-electron chi connectivity index (χ0n) is 15.2. The molecule has 2 N–H and O–H groups in total. The van der Waals surface area contributed by atoms with Crippen molar-refractivity contribution in [1.82, 2.24) is 5.43 Å². The van der Waals surface area contributed by atoms with Crippen LogP contribution in [0.4, 0.5) is 5.69 Å².